The van der Waals surface area contributed by atoms with Crippen LogP contribution in [-0.4, -0.2) is 28.2 Å². The number of H-pyrrole nitrogens is 1. The van der Waals surface area contributed by atoms with Gasteiger partial charge in [0.15, 0.2) is 17.4 Å². The number of benzene rings is 1. The van der Waals surface area contributed by atoms with Gasteiger partial charge in [-0.3, -0.25) is 9.89 Å². The van der Waals surface area contributed by atoms with Crippen molar-refractivity contribution in [2.24, 2.45) is 0 Å². The number of rotatable bonds is 5. The minimum atomic E-state index is -0.682. The summed E-state index contributed by atoms with van der Waals surface area (Å²) in [6.07, 6.45) is 0.592. The van der Waals surface area contributed by atoms with Crippen LogP contribution in [0.25, 0.3) is 0 Å². The summed E-state index contributed by atoms with van der Waals surface area (Å²) in [5, 5.41) is 9.47. The Morgan fingerprint density at radius 2 is 2.29 bits per heavy atom. The highest BCUT2D eigenvalue weighted by Gasteiger charge is 2.21. The molecule has 1 aromatic carbocycles. The van der Waals surface area contributed by atoms with E-state index in [2.05, 4.69) is 20.5 Å². The van der Waals surface area contributed by atoms with Gasteiger partial charge in [0.1, 0.15) is 5.82 Å². The van der Waals surface area contributed by atoms with Gasteiger partial charge in [-0.15, -0.1) is 0 Å². The van der Waals surface area contributed by atoms with Gasteiger partial charge in [0, 0.05) is 0 Å². The number of methoxy groups -OCH3 is 1. The normalized spacial score (nSPS) is 12.0. The molecule has 2 rings (SSSR count). The molecular weight excluding hydrogens is 275 g/mol. The van der Waals surface area contributed by atoms with Gasteiger partial charge in [-0.05, 0) is 25.5 Å². The Morgan fingerprint density at radius 1 is 1.52 bits per heavy atom. The Labute approximate surface area is 121 Å². The fourth-order valence-electron chi connectivity index (χ4n) is 1.94. The van der Waals surface area contributed by atoms with Crippen LogP contribution in [-0.2, 0) is 0 Å². The number of ether oxygens (including phenoxy) is 1. The molecule has 0 aliphatic rings. The van der Waals surface area contributed by atoms with Crippen molar-refractivity contribution in [2.75, 3.05) is 7.11 Å². The summed E-state index contributed by atoms with van der Waals surface area (Å²) in [5.74, 6) is -0.0411. The van der Waals surface area contributed by atoms with E-state index in [9.17, 15) is 9.18 Å². The first kappa shape index (κ1) is 15.0. The number of carbonyl (C=O) groups is 1. The fourth-order valence-corrected chi connectivity index (χ4v) is 1.94. The maximum Gasteiger partial charge on any atom is 0.254 e. The zero-order chi connectivity index (χ0) is 15.4. The minimum absolute atomic E-state index is 0.0319. The Balaban J connectivity index is 2.20. The number of hydrogen-bond donors (Lipinski definition) is 2. The van der Waals surface area contributed by atoms with Crippen LogP contribution in [0.1, 0.15) is 41.4 Å². The largest absolute Gasteiger partial charge is 0.494 e. The van der Waals surface area contributed by atoms with E-state index in [0.717, 1.165) is 0 Å². The Kier molecular flexibility index (Phi) is 4.52. The lowest BCUT2D eigenvalue weighted by atomic mass is 10.1. The molecule has 1 amide bonds. The predicted octanol–water partition coefficient (Wildman–Crippen LogP) is 2.14. The second-order valence-electron chi connectivity index (χ2n) is 4.54. The standard InChI is InChI=1S/C14H17FN4O2/c1-4-10(13-16-8(2)18-19-13)17-14(20)9-6-5-7-11(21-3)12(9)15/h5-7,10H,4H2,1-3H3,(H,17,20)(H,16,18,19)/t10-/m0/s1. The maximum atomic E-state index is 14.1. The first-order valence-corrected chi connectivity index (χ1v) is 6.59. The van der Waals surface area contributed by atoms with Crippen molar-refractivity contribution in [3.63, 3.8) is 0 Å². The van der Waals surface area contributed by atoms with E-state index in [1.54, 1.807) is 13.0 Å². The number of nitrogens with zero attached hydrogens (tertiary/aromatic N) is 2. The smallest absolute Gasteiger partial charge is 0.254 e. The van der Waals surface area contributed by atoms with Crippen LogP contribution in [0.4, 0.5) is 4.39 Å². The molecule has 2 aromatic rings. The van der Waals surface area contributed by atoms with E-state index < -0.39 is 11.7 Å². The van der Waals surface area contributed by atoms with Crippen molar-refractivity contribution in [1.29, 1.82) is 0 Å². The first-order valence-electron chi connectivity index (χ1n) is 6.59. The van der Waals surface area contributed by atoms with Crippen LogP contribution >= 0.6 is 0 Å². The number of halogens is 1. The van der Waals surface area contributed by atoms with Gasteiger partial charge in [0.2, 0.25) is 0 Å². The molecule has 0 radical (unpaired) electrons. The topological polar surface area (TPSA) is 79.9 Å². The number of amides is 1. The number of aromatic amines is 1. The summed E-state index contributed by atoms with van der Waals surface area (Å²) in [5.41, 5.74) is -0.0694. The lowest BCUT2D eigenvalue weighted by Gasteiger charge is -2.14. The van der Waals surface area contributed by atoms with E-state index in [1.165, 1.54) is 19.2 Å². The molecule has 2 N–H and O–H groups in total. The zero-order valence-corrected chi connectivity index (χ0v) is 12.1. The van der Waals surface area contributed by atoms with E-state index in [4.69, 9.17) is 4.74 Å². The molecular formula is C14H17FN4O2. The average Bonchev–Trinajstić information content (AvgIpc) is 2.91. The van der Waals surface area contributed by atoms with Gasteiger partial charge in [-0.2, -0.15) is 5.10 Å². The Bertz CT molecular complexity index is 642. The van der Waals surface area contributed by atoms with Crippen molar-refractivity contribution >= 4 is 5.91 Å². The third-order valence-corrected chi connectivity index (χ3v) is 3.07. The maximum absolute atomic E-state index is 14.1. The molecule has 0 spiro atoms. The highest BCUT2D eigenvalue weighted by Crippen LogP contribution is 2.21. The summed E-state index contributed by atoms with van der Waals surface area (Å²) in [6.45, 7) is 3.66. The van der Waals surface area contributed by atoms with Gasteiger partial charge < -0.3 is 10.1 Å². The molecule has 0 saturated carbocycles. The lowest BCUT2D eigenvalue weighted by Crippen LogP contribution is -2.29. The summed E-state index contributed by atoms with van der Waals surface area (Å²) in [4.78, 5) is 16.4. The van der Waals surface area contributed by atoms with Gasteiger partial charge in [0.05, 0.1) is 18.7 Å². The number of aromatic nitrogens is 3. The molecule has 21 heavy (non-hydrogen) atoms. The van der Waals surface area contributed by atoms with Gasteiger partial charge in [-0.25, -0.2) is 9.37 Å². The molecule has 0 unspecified atom stereocenters. The molecule has 0 saturated heterocycles. The number of hydrogen-bond acceptors (Lipinski definition) is 4. The summed E-state index contributed by atoms with van der Waals surface area (Å²) in [7, 11) is 1.35. The van der Waals surface area contributed by atoms with Crippen LogP contribution in [0.15, 0.2) is 18.2 Å². The average molecular weight is 292 g/mol. The highest BCUT2D eigenvalue weighted by molar-refractivity contribution is 5.95. The van der Waals surface area contributed by atoms with Crippen LogP contribution in [0.2, 0.25) is 0 Å². The molecule has 112 valence electrons. The second-order valence-corrected chi connectivity index (χ2v) is 4.54. The van der Waals surface area contributed by atoms with Crippen molar-refractivity contribution in [1.82, 2.24) is 20.5 Å². The monoisotopic (exact) mass is 292 g/mol. The SMILES string of the molecule is CC[C@H](NC(=O)c1cccc(OC)c1F)c1n[nH]c(C)n1. The summed E-state index contributed by atoms with van der Waals surface area (Å²) < 4.78 is 18.9. The molecule has 0 aliphatic heterocycles. The third kappa shape index (κ3) is 3.18. The van der Waals surface area contributed by atoms with E-state index in [0.29, 0.717) is 18.1 Å². The summed E-state index contributed by atoms with van der Waals surface area (Å²) >= 11 is 0. The molecule has 7 heteroatoms. The Hall–Kier alpha value is -2.44. The fraction of sp³-hybridized carbons (Fsp3) is 0.357. The molecule has 0 fully saturated rings. The zero-order valence-electron chi connectivity index (χ0n) is 12.1. The summed E-state index contributed by atoms with van der Waals surface area (Å²) in [6, 6.07) is 4.05. The van der Waals surface area contributed by atoms with E-state index in [-0.39, 0.29) is 17.4 Å². The van der Waals surface area contributed by atoms with E-state index in [1.807, 2.05) is 6.92 Å². The lowest BCUT2D eigenvalue weighted by molar-refractivity contribution is 0.0929. The first-order chi connectivity index (χ1) is 10.1. The Morgan fingerprint density at radius 3 is 2.86 bits per heavy atom. The molecule has 0 aliphatic carbocycles. The van der Waals surface area contributed by atoms with Gasteiger partial charge >= 0.3 is 0 Å². The van der Waals surface area contributed by atoms with Crippen molar-refractivity contribution in [3.8, 4) is 5.75 Å². The van der Waals surface area contributed by atoms with Crippen molar-refractivity contribution < 1.29 is 13.9 Å². The van der Waals surface area contributed by atoms with Crippen LogP contribution in [0.3, 0.4) is 0 Å². The minimum Gasteiger partial charge on any atom is -0.494 e. The number of nitrogens with one attached hydrogen (secondary N) is 2. The second kappa shape index (κ2) is 6.34. The van der Waals surface area contributed by atoms with Crippen molar-refractivity contribution in [3.05, 3.63) is 41.2 Å². The van der Waals surface area contributed by atoms with Crippen LogP contribution < -0.4 is 10.1 Å². The predicted molar refractivity (Wildman–Crippen MR) is 74.6 cm³/mol. The molecule has 0 bridgehead atoms. The van der Waals surface area contributed by atoms with Crippen molar-refractivity contribution in [2.45, 2.75) is 26.3 Å². The highest BCUT2D eigenvalue weighted by atomic mass is 19.1. The molecule has 1 heterocycles. The molecule has 1 atom stereocenters. The van der Waals surface area contributed by atoms with E-state index >= 15 is 0 Å². The molecule has 6 nitrogen and oxygen atoms in total. The molecule has 1 aromatic heterocycles. The van der Waals surface area contributed by atoms with Gasteiger partial charge in [0.25, 0.3) is 5.91 Å². The van der Waals surface area contributed by atoms with Crippen LogP contribution in [0.5, 0.6) is 5.75 Å². The number of aryl methyl sites for hydroxylation is 1. The van der Waals surface area contributed by atoms with Gasteiger partial charge in [-0.1, -0.05) is 13.0 Å². The third-order valence-electron chi connectivity index (χ3n) is 3.07. The van der Waals surface area contributed by atoms with Crippen LogP contribution in [0, 0.1) is 12.7 Å². The number of carbonyl (C=O) groups excluding carboxylic acids is 1. The quantitative estimate of drug-likeness (QED) is 0.885.